The molecule has 3 amide bonds. The minimum absolute atomic E-state index is 0.0120. The molecule has 3 heterocycles. The maximum Gasteiger partial charge on any atom is 0.256 e. The number of carbonyl (C=O) groups is 3. The minimum Gasteiger partial charge on any atom is -0.339 e. The van der Waals surface area contributed by atoms with Crippen molar-refractivity contribution in [1.29, 1.82) is 0 Å². The van der Waals surface area contributed by atoms with Gasteiger partial charge in [-0.15, -0.1) is 0 Å². The fourth-order valence-electron chi connectivity index (χ4n) is 3.82. The Labute approximate surface area is 151 Å². The third-order valence-electron chi connectivity index (χ3n) is 5.15. The first-order valence-electron chi connectivity index (χ1n) is 8.74. The summed E-state index contributed by atoms with van der Waals surface area (Å²) in [4.78, 5) is 43.7. The summed E-state index contributed by atoms with van der Waals surface area (Å²) in [7, 11) is 0. The quantitative estimate of drug-likeness (QED) is 0.796. The third kappa shape index (κ3) is 2.90. The zero-order valence-electron chi connectivity index (χ0n) is 14.0. The number of nitrogens with zero attached hydrogens (tertiary/aromatic N) is 3. The number of para-hydroxylation sites is 1. The van der Waals surface area contributed by atoms with Gasteiger partial charge in [-0.25, -0.2) is 0 Å². The van der Waals surface area contributed by atoms with Gasteiger partial charge in [-0.1, -0.05) is 12.1 Å². The van der Waals surface area contributed by atoms with Crippen LogP contribution < -0.4 is 4.90 Å². The molecule has 1 aromatic rings. The summed E-state index contributed by atoms with van der Waals surface area (Å²) in [6.07, 6.45) is 1.50. The van der Waals surface area contributed by atoms with E-state index in [9.17, 15) is 14.4 Å². The highest BCUT2D eigenvalue weighted by Crippen LogP contribution is 2.32. The molecule has 0 radical (unpaired) electrons. The Balaban J connectivity index is 1.67. The van der Waals surface area contributed by atoms with Crippen LogP contribution in [0, 0.1) is 0 Å². The average Bonchev–Trinajstić information content (AvgIpc) is 3.13. The molecule has 1 aromatic carbocycles. The molecule has 3 aliphatic rings. The summed E-state index contributed by atoms with van der Waals surface area (Å²) in [6, 6.07) is 6.70. The standard InChI is InChI=1S/C18H21N3O3S/c22-16(19-8-10-25-11-9-19)12-21-14-5-2-1-4-13(14)17(23)20-7-3-6-15(20)18(21)24/h1-2,4-5,15H,3,6-12H2. The first-order valence-corrected chi connectivity index (χ1v) is 9.89. The molecule has 1 atom stereocenters. The number of fused-ring (bicyclic) bond motifs is 2. The van der Waals surface area contributed by atoms with E-state index in [2.05, 4.69) is 0 Å². The maximum absolute atomic E-state index is 13.1. The van der Waals surface area contributed by atoms with Crippen LogP contribution in [-0.2, 0) is 9.59 Å². The molecule has 0 N–H and O–H groups in total. The molecule has 0 saturated carbocycles. The molecule has 0 bridgehead atoms. The lowest BCUT2D eigenvalue weighted by molar-refractivity contribution is -0.131. The van der Waals surface area contributed by atoms with Crippen LogP contribution in [0.5, 0.6) is 0 Å². The Kier molecular flexibility index (Phi) is 4.41. The van der Waals surface area contributed by atoms with Gasteiger partial charge in [-0.05, 0) is 25.0 Å². The fraction of sp³-hybridized carbons (Fsp3) is 0.500. The zero-order chi connectivity index (χ0) is 17.4. The minimum atomic E-state index is -0.440. The van der Waals surface area contributed by atoms with E-state index < -0.39 is 6.04 Å². The van der Waals surface area contributed by atoms with Crippen molar-refractivity contribution in [2.45, 2.75) is 18.9 Å². The molecule has 0 aliphatic carbocycles. The van der Waals surface area contributed by atoms with E-state index in [0.717, 1.165) is 31.0 Å². The van der Waals surface area contributed by atoms with Crippen molar-refractivity contribution in [2.75, 3.05) is 42.6 Å². The van der Waals surface area contributed by atoms with Crippen molar-refractivity contribution >= 4 is 35.2 Å². The highest BCUT2D eigenvalue weighted by molar-refractivity contribution is 7.99. The van der Waals surface area contributed by atoms with Crippen LogP contribution in [-0.4, -0.2) is 71.2 Å². The van der Waals surface area contributed by atoms with Gasteiger partial charge in [0.2, 0.25) is 11.8 Å². The molecule has 25 heavy (non-hydrogen) atoms. The van der Waals surface area contributed by atoms with Crippen LogP contribution in [0.15, 0.2) is 24.3 Å². The van der Waals surface area contributed by atoms with Crippen LogP contribution in [0.3, 0.4) is 0 Å². The lowest BCUT2D eigenvalue weighted by Crippen LogP contribution is -2.50. The van der Waals surface area contributed by atoms with E-state index in [0.29, 0.717) is 24.2 Å². The predicted molar refractivity (Wildman–Crippen MR) is 96.8 cm³/mol. The van der Waals surface area contributed by atoms with Crippen LogP contribution >= 0.6 is 11.8 Å². The Morgan fingerprint density at radius 3 is 2.68 bits per heavy atom. The van der Waals surface area contributed by atoms with Crippen molar-refractivity contribution in [1.82, 2.24) is 9.80 Å². The Morgan fingerprint density at radius 2 is 1.88 bits per heavy atom. The van der Waals surface area contributed by atoms with Crippen LogP contribution in [0.25, 0.3) is 0 Å². The Bertz CT molecular complexity index is 717. The van der Waals surface area contributed by atoms with Crippen molar-refractivity contribution in [3.8, 4) is 0 Å². The predicted octanol–water partition coefficient (Wildman–Crippen LogP) is 1.21. The number of hydrogen-bond acceptors (Lipinski definition) is 4. The topological polar surface area (TPSA) is 60.9 Å². The molecular weight excluding hydrogens is 338 g/mol. The number of hydrogen-bond donors (Lipinski definition) is 0. The van der Waals surface area contributed by atoms with E-state index >= 15 is 0 Å². The Hall–Kier alpha value is -2.02. The molecule has 132 valence electrons. The first kappa shape index (κ1) is 16.4. The SMILES string of the molecule is O=C(CN1C(=O)C2CCCN2C(=O)c2ccccc21)N1CCSCC1. The van der Waals surface area contributed by atoms with Gasteiger partial charge in [0, 0.05) is 31.1 Å². The van der Waals surface area contributed by atoms with E-state index in [-0.39, 0.29) is 24.3 Å². The molecule has 0 spiro atoms. The van der Waals surface area contributed by atoms with E-state index in [1.54, 1.807) is 23.1 Å². The highest BCUT2D eigenvalue weighted by atomic mass is 32.2. The van der Waals surface area contributed by atoms with E-state index in [1.807, 2.05) is 22.7 Å². The average molecular weight is 359 g/mol. The van der Waals surface area contributed by atoms with Crippen molar-refractivity contribution < 1.29 is 14.4 Å². The number of anilines is 1. The number of carbonyl (C=O) groups excluding carboxylic acids is 3. The normalized spacial score (nSPS) is 23.4. The van der Waals surface area contributed by atoms with Crippen molar-refractivity contribution in [3.05, 3.63) is 29.8 Å². The van der Waals surface area contributed by atoms with Gasteiger partial charge in [0.25, 0.3) is 5.91 Å². The molecule has 2 saturated heterocycles. The number of amides is 3. The number of rotatable bonds is 2. The summed E-state index contributed by atoms with van der Waals surface area (Å²) < 4.78 is 0. The Morgan fingerprint density at radius 1 is 1.12 bits per heavy atom. The summed E-state index contributed by atoms with van der Waals surface area (Å²) in [5, 5.41) is 0. The van der Waals surface area contributed by atoms with E-state index in [1.165, 1.54) is 4.90 Å². The zero-order valence-corrected chi connectivity index (χ0v) is 14.8. The van der Waals surface area contributed by atoms with Crippen molar-refractivity contribution in [3.63, 3.8) is 0 Å². The van der Waals surface area contributed by atoms with Gasteiger partial charge in [-0.2, -0.15) is 11.8 Å². The second kappa shape index (κ2) is 6.71. The summed E-state index contributed by atoms with van der Waals surface area (Å²) >= 11 is 1.84. The maximum atomic E-state index is 13.1. The number of thioether (sulfide) groups is 1. The van der Waals surface area contributed by atoms with Gasteiger partial charge < -0.3 is 14.7 Å². The van der Waals surface area contributed by atoms with E-state index in [4.69, 9.17) is 0 Å². The monoisotopic (exact) mass is 359 g/mol. The van der Waals surface area contributed by atoms with Crippen molar-refractivity contribution in [2.24, 2.45) is 0 Å². The fourth-order valence-corrected chi connectivity index (χ4v) is 4.72. The summed E-state index contributed by atoms with van der Waals surface area (Å²) in [5.41, 5.74) is 1.08. The van der Waals surface area contributed by atoms with Crippen LogP contribution in [0.2, 0.25) is 0 Å². The highest BCUT2D eigenvalue weighted by Gasteiger charge is 2.42. The molecule has 1 unspecified atom stereocenters. The molecule has 4 rings (SSSR count). The molecule has 2 fully saturated rings. The van der Waals surface area contributed by atoms with Gasteiger partial charge >= 0.3 is 0 Å². The molecule has 6 nitrogen and oxygen atoms in total. The second-order valence-corrected chi connectivity index (χ2v) is 7.82. The third-order valence-corrected chi connectivity index (χ3v) is 6.09. The van der Waals surface area contributed by atoms with Gasteiger partial charge in [0.05, 0.1) is 11.3 Å². The van der Waals surface area contributed by atoms with Gasteiger partial charge in [-0.3, -0.25) is 14.4 Å². The lowest BCUT2D eigenvalue weighted by Gasteiger charge is -2.30. The van der Waals surface area contributed by atoms with Gasteiger partial charge in [0.15, 0.2) is 0 Å². The van der Waals surface area contributed by atoms with Crippen LogP contribution in [0.4, 0.5) is 5.69 Å². The summed E-state index contributed by atoms with van der Waals surface area (Å²) in [5.74, 6) is 1.60. The largest absolute Gasteiger partial charge is 0.339 e. The first-order chi connectivity index (χ1) is 12.2. The molecular formula is C18H21N3O3S. The van der Waals surface area contributed by atoms with Crippen LogP contribution in [0.1, 0.15) is 23.2 Å². The number of benzene rings is 1. The smallest absolute Gasteiger partial charge is 0.256 e. The second-order valence-electron chi connectivity index (χ2n) is 6.59. The molecule has 7 heteroatoms. The molecule has 0 aromatic heterocycles. The van der Waals surface area contributed by atoms with Gasteiger partial charge in [0.1, 0.15) is 12.6 Å². The molecule has 3 aliphatic heterocycles. The lowest BCUT2D eigenvalue weighted by atomic mass is 10.1. The summed E-state index contributed by atoms with van der Waals surface area (Å²) in [6.45, 7) is 2.07.